The molecule has 0 N–H and O–H groups in total. The summed E-state index contributed by atoms with van der Waals surface area (Å²) in [7, 11) is 0. The van der Waals surface area contributed by atoms with E-state index >= 15 is 0 Å². The van der Waals surface area contributed by atoms with Gasteiger partial charge in [-0.15, -0.1) is 0 Å². The van der Waals surface area contributed by atoms with E-state index in [1.807, 2.05) is 0 Å². The monoisotopic (exact) mass is 553 g/mol. The van der Waals surface area contributed by atoms with Crippen LogP contribution < -0.4 is 4.90 Å². The number of anilines is 1. The minimum Gasteiger partial charge on any atom is -0.359 e. The van der Waals surface area contributed by atoms with Crippen molar-refractivity contribution in [1.29, 1.82) is 0 Å². The number of nitro benzene ring substituents is 1. The number of carbonyl (C=O) groups is 4. The van der Waals surface area contributed by atoms with Gasteiger partial charge in [-0.05, 0) is 42.5 Å². The Morgan fingerprint density at radius 1 is 0.825 bits per heavy atom. The van der Waals surface area contributed by atoms with Gasteiger partial charge < -0.3 is 4.90 Å². The summed E-state index contributed by atoms with van der Waals surface area (Å²) in [5.74, 6) is -3.72. The number of carbonyl (C=O) groups excluding carboxylic acids is 4. The quantitative estimate of drug-likeness (QED) is 0.189. The van der Waals surface area contributed by atoms with Gasteiger partial charge in [0.2, 0.25) is 11.8 Å². The second-order valence-electron chi connectivity index (χ2n) is 9.72. The van der Waals surface area contributed by atoms with E-state index in [0.717, 1.165) is 4.90 Å². The lowest BCUT2D eigenvalue weighted by Gasteiger charge is -2.32. The SMILES string of the molecule is O=C(C1=C[C@H]2[C@@H]3C(=O)N(c4ccc([N+](=O)[O-])cc4)C(=O)[C@@H]3[C@H](C(=O)c3ccc(Cl)cc3)N2C=C1)c1ccccc1. The van der Waals surface area contributed by atoms with Crippen molar-refractivity contribution >= 4 is 46.4 Å². The van der Waals surface area contributed by atoms with Gasteiger partial charge in [0.25, 0.3) is 5.69 Å². The molecule has 0 aromatic heterocycles. The third kappa shape index (κ3) is 4.02. The zero-order chi connectivity index (χ0) is 28.1. The van der Waals surface area contributed by atoms with Crippen molar-refractivity contribution in [3.8, 4) is 0 Å². The molecule has 0 radical (unpaired) electrons. The van der Waals surface area contributed by atoms with Crippen molar-refractivity contribution in [1.82, 2.24) is 4.90 Å². The number of allylic oxidation sites excluding steroid dienone is 2. The van der Waals surface area contributed by atoms with Gasteiger partial charge in [-0.3, -0.25) is 29.3 Å². The van der Waals surface area contributed by atoms with E-state index in [9.17, 15) is 29.3 Å². The van der Waals surface area contributed by atoms with E-state index in [0.29, 0.717) is 21.7 Å². The largest absolute Gasteiger partial charge is 0.359 e. The van der Waals surface area contributed by atoms with Gasteiger partial charge in [0.05, 0.1) is 28.5 Å². The van der Waals surface area contributed by atoms with E-state index in [1.165, 1.54) is 24.3 Å². The predicted octanol–water partition coefficient (Wildman–Crippen LogP) is 4.63. The van der Waals surface area contributed by atoms with E-state index in [1.54, 1.807) is 77.8 Å². The molecular formula is C30H20ClN3O6. The summed E-state index contributed by atoms with van der Waals surface area (Å²) < 4.78 is 0. The lowest BCUT2D eigenvalue weighted by molar-refractivity contribution is -0.384. The van der Waals surface area contributed by atoms with Gasteiger partial charge in [-0.2, -0.15) is 0 Å². The highest BCUT2D eigenvalue weighted by molar-refractivity contribution is 6.30. The Bertz CT molecular complexity index is 1630. The Kier molecular flexibility index (Phi) is 6.15. The molecule has 3 aliphatic rings. The first kappa shape index (κ1) is 25.4. The molecule has 3 aromatic rings. The molecule has 3 aromatic carbocycles. The number of hydrogen-bond donors (Lipinski definition) is 0. The minimum absolute atomic E-state index is 0.176. The van der Waals surface area contributed by atoms with Crippen LogP contribution in [0.5, 0.6) is 0 Å². The van der Waals surface area contributed by atoms with Crippen LogP contribution >= 0.6 is 11.6 Å². The molecule has 198 valence electrons. The number of rotatable bonds is 6. The molecule has 6 rings (SSSR count). The summed E-state index contributed by atoms with van der Waals surface area (Å²) in [4.78, 5) is 68.0. The first-order valence-corrected chi connectivity index (χ1v) is 12.8. The second-order valence-corrected chi connectivity index (χ2v) is 10.2. The highest BCUT2D eigenvalue weighted by atomic mass is 35.5. The molecule has 2 fully saturated rings. The molecule has 0 unspecified atom stereocenters. The first-order chi connectivity index (χ1) is 19.3. The Morgan fingerprint density at radius 2 is 1.48 bits per heavy atom. The maximum Gasteiger partial charge on any atom is 0.269 e. The van der Waals surface area contributed by atoms with Crippen LogP contribution in [0.25, 0.3) is 0 Å². The summed E-state index contributed by atoms with van der Waals surface area (Å²) in [6.45, 7) is 0. The van der Waals surface area contributed by atoms with Gasteiger partial charge in [0, 0.05) is 40.1 Å². The summed E-state index contributed by atoms with van der Waals surface area (Å²) in [5, 5.41) is 11.6. The molecule has 0 aliphatic carbocycles. The first-order valence-electron chi connectivity index (χ1n) is 12.5. The number of nitrogens with zero attached hydrogens (tertiary/aromatic N) is 3. The number of benzene rings is 3. The fourth-order valence-corrected chi connectivity index (χ4v) is 5.84. The third-order valence-corrected chi connectivity index (χ3v) is 7.81. The number of ketones is 2. The van der Waals surface area contributed by atoms with E-state index in [4.69, 9.17) is 11.6 Å². The zero-order valence-corrected chi connectivity index (χ0v) is 21.5. The highest BCUT2D eigenvalue weighted by Gasteiger charge is 2.63. The van der Waals surface area contributed by atoms with Crippen molar-refractivity contribution in [2.75, 3.05) is 4.90 Å². The van der Waals surface area contributed by atoms with Crippen molar-refractivity contribution in [2.45, 2.75) is 12.1 Å². The standard InChI is InChI=1S/C30H20ClN3O6/c31-20-8-6-18(7-9-20)28(36)26-25-24(29(37)33(30(25)38)21-10-12-22(13-11-21)34(39)40)23-16-19(14-15-32(23)26)27(35)17-4-2-1-3-5-17/h1-16,23-26H/t23-,24-,25-,26+/m0/s1. The second kappa shape index (κ2) is 9.69. The number of non-ortho nitro benzene ring substituents is 1. The Morgan fingerprint density at radius 3 is 2.12 bits per heavy atom. The minimum atomic E-state index is -1.04. The number of Topliss-reactive ketones (excluding diaryl/α,β-unsaturated/α-hetero) is 2. The molecule has 10 heteroatoms. The van der Waals surface area contributed by atoms with Crippen molar-refractivity contribution < 1.29 is 24.1 Å². The highest BCUT2D eigenvalue weighted by Crippen LogP contribution is 2.47. The Hall–Kier alpha value is -4.89. The third-order valence-electron chi connectivity index (χ3n) is 7.56. The lowest BCUT2D eigenvalue weighted by Crippen LogP contribution is -2.46. The number of amides is 2. The molecular weight excluding hydrogens is 534 g/mol. The molecule has 2 amide bonds. The summed E-state index contributed by atoms with van der Waals surface area (Å²) >= 11 is 6.01. The molecule has 3 heterocycles. The number of fused-ring (bicyclic) bond motifs is 3. The average Bonchev–Trinajstić information content (AvgIpc) is 3.44. The van der Waals surface area contributed by atoms with Crippen LogP contribution in [0.15, 0.2) is 103 Å². The zero-order valence-electron chi connectivity index (χ0n) is 20.7. The molecule has 40 heavy (non-hydrogen) atoms. The molecule has 2 saturated heterocycles. The average molecular weight is 554 g/mol. The van der Waals surface area contributed by atoms with Crippen LogP contribution in [0, 0.1) is 22.0 Å². The van der Waals surface area contributed by atoms with Crippen LogP contribution in [-0.2, 0) is 9.59 Å². The summed E-state index contributed by atoms with van der Waals surface area (Å²) in [6.07, 6.45) is 4.85. The number of halogens is 1. The molecule has 4 atom stereocenters. The predicted molar refractivity (Wildman–Crippen MR) is 146 cm³/mol. The van der Waals surface area contributed by atoms with Crippen LogP contribution in [-0.4, -0.2) is 45.3 Å². The van der Waals surface area contributed by atoms with Crippen LogP contribution in [0.2, 0.25) is 5.02 Å². The smallest absolute Gasteiger partial charge is 0.269 e. The van der Waals surface area contributed by atoms with Crippen molar-refractivity contribution in [2.24, 2.45) is 11.8 Å². The fourth-order valence-electron chi connectivity index (χ4n) is 5.72. The normalized spacial score (nSPS) is 23.1. The maximum atomic E-state index is 13.9. The molecule has 0 spiro atoms. The number of nitro groups is 1. The van der Waals surface area contributed by atoms with Crippen LogP contribution in [0.3, 0.4) is 0 Å². The Balaban J connectivity index is 1.42. The van der Waals surface area contributed by atoms with Crippen molar-refractivity contribution in [3.05, 3.63) is 129 Å². The van der Waals surface area contributed by atoms with Crippen molar-refractivity contribution in [3.63, 3.8) is 0 Å². The molecule has 0 bridgehead atoms. The topological polar surface area (TPSA) is 118 Å². The van der Waals surface area contributed by atoms with E-state index in [2.05, 4.69) is 0 Å². The molecule has 0 saturated carbocycles. The van der Waals surface area contributed by atoms with Gasteiger partial charge in [-0.25, -0.2) is 4.90 Å². The van der Waals surface area contributed by atoms with Gasteiger partial charge in [0.1, 0.15) is 6.04 Å². The fraction of sp³-hybridized carbons (Fsp3) is 0.133. The van der Waals surface area contributed by atoms with Gasteiger partial charge in [0.15, 0.2) is 11.6 Å². The summed E-state index contributed by atoms with van der Waals surface area (Å²) in [6, 6.07) is 18.3. The summed E-state index contributed by atoms with van der Waals surface area (Å²) in [5.41, 5.74) is 1.13. The van der Waals surface area contributed by atoms with Gasteiger partial charge >= 0.3 is 0 Å². The van der Waals surface area contributed by atoms with E-state index in [-0.39, 0.29) is 22.9 Å². The van der Waals surface area contributed by atoms with Gasteiger partial charge in [-0.1, -0.05) is 48.0 Å². The maximum absolute atomic E-state index is 13.9. The molecule has 3 aliphatic heterocycles. The number of hydrogen-bond acceptors (Lipinski definition) is 7. The number of imide groups is 1. The Labute approximate surface area is 233 Å². The lowest BCUT2D eigenvalue weighted by atomic mass is 9.85. The van der Waals surface area contributed by atoms with E-state index < -0.39 is 40.7 Å². The molecule has 9 nitrogen and oxygen atoms in total. The van der Waals surface area contributed by atoms with Crippen LogP contribution in [0.1, 0.15) is 20.7 Å². The van der Waals surface area contributed by atoms with Crippen LogP contribution in [0.4, 0.5) is 11.4 Å².